The van der Waals surface area contributed by atoms with Crippen LogP contribution in [0.1, 0.15) is 0 Å². The van der Waals surface area contributed by atoms with E-state index in [-0.39, 0.29) is 0 Å². The van der Waals surface area contributed by atoms with E-state index in [1.807, 2.05) is 30.3 Å². The van der Waals surface area contributed by atoms with Gasteiger partial charge in [0.05, 0.1) is 0 Å². The summed E-state index contributed by atoms with van der Waals surface area (Å²) in [6.45, 7) is 0. The minimum atomic E-state index is -1.42. The van der Waals surface area contributed by atoms with Crippen molar-refractivity contribution in [3.8, 4) is 11.1 Å². The Morgan fingerprint density at radius 3 is 2.09 bits per heavy atom. The van der Waals surface area contributed by atoms with Crippen molar-refractivity contribution < 1.29 is 10.0 Å². The summed E-state index contributed by atoms with van der Waals surface area (Å²) in [5.74, 6) is 0. The lowest BCUT2D eigenvalue weighted by atomic mass is 9.80. The van der Waals surface area contributed by atoms with Gasteiger partial charge in [0.1, 0.15) is 0 Å². The van der Waals surface area contributed by atoms with E-state index in [0.717, 1.165) is 10.1 Å². The second-order valence-electron chi connectivity index (χ2n) is 5.31. The standard InChI is InChI=1S/C18H13BO2S/c20-19(21)14-7-9-16-15-8-6-13(12-4-2-1-3-5-12)10-17(15)22-18(16)11-14/h1-11,20-21H. The molecule has 0 atom stereocenters. The Labute approximate surface area is 132 Å². The van der Waals surface area contributed by atoms with Gasteiger partial charge in [-0.25, -0.2) is 0 Å². The van der Waals surface area contributed by atoms with Crippen molar-refractivity contribution >= 4 is 44.1 Å². The minimum absolute atomic E-state index is 0.530. The molecule has 1 aromatic heterocycles. The second kappa shape index (κ2) is 5.25. The SMILES string of the molecule is OB(O)c1ccc2c(c1)sc1cc(-c3ccccc3)ccc12. The lowest BCUT2D eigenvalue weighted by Crippen LogP contribution is -2.29. The van der Waals surface area contributed by atoms with E-state index in [9.17, 15) is 10.0 Å². The van der Waals surface area contributed by atoms with Crippen LogP contribution in [0.25, 0.3) is 31.3 Å². The van der Waals surface area contributed by atoms with Gasteiger partial charge in [-0.15, -0.1) is 11.3 Å². The summed E-state index contributed by atoms with van der Waals surface area (Å²) in [5, 5.41) is 21.0. The van der Waals surface area contributed by atoms with Gasteiger partial charge in [-0.3, -0.25) is 0 Å². The molecule has 4 rings (SSSR count). The average molecular weight is 304 g/mol. The molecule has 1 heterocycles. The molecular formula is C18H13BO2S. The third-order valence-electron chi connectivity index (χ3n) is 3.90. The molecular weight excluding hydrogens is 291 g/mol. The highest BCUT2D eigenvalue weighted by Gasteiger charge is 2.13. The quantitative estimate of drug-likeness (QED) is 0.557. The molecule has 2 nitrogen and oxygen atoms in total. The highest BCUT2D eigenvalue weighted by Crippen LogP contribution is 2.35. The lowest BCUT2D eigenvalue weighted by molar-refractivity contribution is 0.426. The molecule has 0 saturated carbocycles. The van der Waals surface area contributed by atoms with E-state index in [2.05, 4.69) is 30.3 Å². The Bertz CT molecular complexity index is 961. The third-order valence-corrected chi connectivity index (χ3v) is 5.02. The number of rotatable bonds is 2. The summed E-state index contributed by atoms with van der Waals surface area (Å²) in [7, 11) is -1.42. The van der Waals surface area contributed by atoms with Crippen LogP contribution in [-0.4, -0.2) is 17.2 Å². The van der Waals surface area contributed by atoms with Crippen molar-refractivity contribution in [2.45, 2.75) is 0 Å². The smallest absolute Gasteiger partial charge is 0.423 e. The zero-order valence-corrected chi connectivity index (χ0v) is 12.5. The summed E-state index contributed by atoms with van der Waals surface area (Å²) >= 11 is 1.68. The number of fused-ring (bicyclic) bond motifs is 3. The van der Waals surface area contributed by atoms with Crippen LogP contribution in [0.2, 0.25) is 0 Å². The Morgan fingerprint density at radius 1 is 0.682 bits per heavy atom. The lowest BCUT2D eigenvalue weighted by Gasteiger charge is -2.01. The van der Waals surface area contributed by atoms with Crippen LogP contribution in [0.3, 0.4) is 0 Å². The predicted molar refractivity (Wildman–Crippen MR) is 94.6 cm³/mol. The molecule has 0 saturated heterocycles. The highest BCUT2D eigenvalue weighted by molar-refractivity contribution is 7.25. The van der Waals surface area contributed by atoms with Gasteiger partial charge >= 0.3 is 7.12 Å². The molecule has 3 aromatic carbocycles. The first-order valence-corrected chi connectivity index (χ1v) is 7.92. The van der Waals surface area contributed by atoms with Gasteiger partial charge < -0.3 is 10.0 Å². The molecule has 0 bridgehead atoms. The van der Waals surface area contributed by atoms with E-state index < -0.39 is 7.12 Å². The van der Waals surface area contributed by atoms with Gasteiger partial charge in [0.15, 0.2) is 0 Å². The fraction of sp³-hybridized carbons (Fsp3) is 0. The van der Waals surface area contributed by atoms with Gasteiger partial charge in [0.2, 0.25) is 0 Å². The van der Waals surface area contributed by atoms with Crippen molar-refractivity contribution in [1.82, 2.24) is 0 Å². The van der Waals surface area contributed by atoms with Gasteiger partial charge in [-0.05, 0) is 28.7 Å². The fourth-order valence-electron chi connectivity index (χ4n) is 2.76. The van der Waals surface area contributed by atoms with Crippen molar-refractivity contribution in [3.05, 3.63) is 66.7 Å². The minimum Gasteiger partial charge on any atom is -0.423 e. The Kier molecular flexibility index (Phi) is 3.23. The summed E-state index contributed by atoms with van der Waals surface area (Å²) in [5.41, 5.74) is 2.93. The summed E-state index contributed by atoms with van der Waals surface area (Å²) in [6, 6.07) is 22.4. The molecule has 4 aromatic rings. The van der Waals surface area contributed by atoms with Crippen LogP contribution in [0.4, 0.5) is 0 Å². The second-order valence-corrected chi connectivity index (χ2v) is 6.39. The number of hydrogen-bond acceptors (Lipinski definition) is 3. The Morgan fingerprint density at radius 2 is 1.36 bits per heavy atom. The van der Waals surface area contributed by atoms with Crippen LogP contribution in [0, 0.1) is 0 Å². The number of benzene rings is 3. The number of thiophene rings is 1. The summed E-state index contributed by atoms with van der Waals surface area (Å²) in [6.07, 6.45) is 0. The van der Waals surface area contributed by atoms with Crippen molar-refractivity contribution in [1.29, 1.82) is 0 Å². The molecule has 0 unspecified atom stereocenters. The van der Waals surface area contributed by atoms with Crippen LogP contribution in [-0.2, 0) is 0 Å². The Hall–Kier alpha value is -2.14. The maximum absolute atomic E-state index is 9.31. The third kappa shape index (κ3) is 2.22. The molecule has 0 aliphatic heterocycles. The zero-order chi connectivity index (χ0) is 15.1. The monoisotopic (exact) mass is 304 g/mol. The van der Waals surface area contributed by atoms with Gasteiger partial charge in [0, 0.05) is 20.2 Å². The van der Waals surface area contributed by atoms with Gasteiger partial charge in [0.25, 0.3) is 0 Å². The van der Waals surface area contributed by atoms with Crippen molar-refractivity contribution in [3.63, 3.8) is 0 Å². The molecule has 2 N–H and O–H groups in total. The average Bonchev–Trinajstić information content (AvgIpc) is 2.92. The van der Waals surface area contributed by atoms with Crippen LogP contribution >= 0.6 is 11.3 Å². The van der Waals surface area contributed by atoms with Crippen molar-refractivity contribution in [2.75, 3.05) is 0 Å². The van der Waals surface area contributed by atoms with E-state index in [1.165, 1.54) is 21.2 Å². The van der Waals surface area contributed by atoms with Crippen LogP contribution < -0.4 is 5.46 Å². The molecule has 106 valence electrons. The molecule has 0 spiro atoms. The first-order chi connectivity index (χ1) is 10.7. The van der Waals surface area contributed by atoms with Crippen LogP contribution in [0.15, 0.2) is 66.7 Å². The first kappa shape index (κ1) is 13.5. The summed E-state index contributed by atoms with van der Waals surface area (Å²) in [4.78, 5) is 0. The number of hydrogen-bond donors (Lipinski definition) is 2. The van der Waals surface area contributed by atoms with E-state index in [0.29, 0.717) is 5.46 Å². The van der Waals surface area contributed by atoms with E-state index in [1.54, 1.807) is 17.4 Å². The first-order valence-electron chi connectivity index (χ1n) is 7.10. The molecule has 4 heteroatoms. The largest absolute Gasteiger partial charge is 0.488 e. The molecule has 22 heavy (non-hydrogen) atoms. The molecule has 0 amide bonds. The predicted octanol–water partition coefficient (Wildman–Crippen LogP) is 3.40. The fourth-order valence-corrected chi connectivity index (χ4v) is 3.96. The van der Waals surface area contributed by atoms with Gasteiger partial charge in [-0.2, -0.15) is 0 Å². The highest BCUT2D eigenvalue weighted by atomic mass is 32.1. The van der Waals surface area contributed by atoms with Gasteiger partial charge in [-0.1, -0.05) is 54.6 Å². The maximum Gasteiger partial charge on any atom is 0.488 e. The normalized spacial score (nSPS) is 11.2. The zero-order valence-electron chi connectivity index (χ0n) is 11.7. The van der Waals surface area contributed by atoms with Crippen LogP contribution in [0.5, 0.6) is 0 Å². The van der Waals surface area contributed by atoms with E-state index >= 15 is 0 Å². The molecule has 0 aliphatic carbocycles. The van der Waals surface area contributed by atoms with E-state index in [4.69, 9.17) is 0 Å². The summed E-state index contributed by atoms with van der Waals surface area (Å²) < 4.78 is 2.28. The topological polar surface area (TPSA) is 40.5 Å². The maximum atomic E-state index is 9.31. The molecule has 0 aliphatic rings. The molecule has 0 fully saturated rings. The molecule has 0 radical (unpaired) electrons. The van der Waals surface area contributed by atoms with Crippen molar-refractivity contribution in [2.24, 2.45) is 0 Å². The Balaban J connectivity index is 1.91.